The molecule has 2 amide bonds. The van der Waals surface area contributed by atoms with Crippen LogP contribution in [-0.2, 0) is 12.8 Å². The molecule has 0 bridgehead atoms. The van der Waals surface area contributed by atoms with Gasteiger partial charge in [0.15, 0.2) is 0 Å². The lowest BCUT2D eigenvalue weighted by atomic mass is 9.95. The highest BCUT2D eigenvalue weighted by atomic mass is 35.5. The Kier molecular flexibility index (Phi) is 4.39. The van der Waals surface area contributed by atoms with Crippen LogP contribution >= 0.6 is 11.6 Å². The summed E-state index contributed by atoms with van der Waals surface area (Å²) < 4.78 is 0. The van der Waals surface area contributed by atoms with E-state index in [0.717, 1.165) is 23.7 Å². The summed E-state index contributed by atoms with van der Waals surface area (Å²) in [6.45, 7) is 0. The Morgan fingerprint density at radius 1 is 0.885 bits per heavy atom. The van der Waals surface area contributed by atoms with Crippen molar-refractivity contribution >= 4 is 34.3 Å². The summed E-state index contributed by atoms with van der Waals surface area (Å²) >= 11 is 5.81. The van der Waals surface area contributed by atoms with Crippen LogP contribution in [0.25, 0.3) is 10.9 Å². The van der Waals surface area contributed by atoms with Gasteiger partial charge in [-0.1, -0.05) is 11.6 Å². The highest BCUT2D eigenvalue weighted by Crippen LogP contribution is 2.29. The molecule has 26 heavy (non-hydrogen) atoms. The predicted octanol–water partition coefficient (Wildman–Crippen LogP) is 3.77. The average molecular weight is 368 g/mol. The monoisotopic (exact) mass is 367 g/mol. The Balaban J connectivity index is 1.49. The Hall–Kier alpha value is -2.79. The molecule has 0 radical (unpaired) electrons. The molecule has 1 aromatic heterocycles. The zero-order valence-electron chi connectivity index (χ0n) is 14.1. The molecule has 1 aliphatic carbocycles. The molecule has 132 valence electrons. The smallest absolute Gasteiger partial charge is 0.269 e. The topological polar surface area (TPSA) is 74.0 Å². The van der Waals surface area contributed by atoms with Gasteiger partial charge in [0.05, 0.1) is 0 Å². The van der Waals surface area contributed by atoms with E-state index in [2.05, 4.69) is 15.8 Å². The van der Waals surface area contributed by atoms with E-state index < -0.39 is 5.91 Å². The third-order valence-corrected chi connectivity index (χ3v) is 5.01. The van der Waals surface area contributed by atoms with Crippen molar-refractivity contribution < 1.29 is 9.59 Å². The summed E-state index contributed by atoms with van der Waals surface area (Å²) in [5, 5.41) is 1.64. The number of amides is 2. The standard InChI is InChI=1S/C20H18ClN3O2/c21-14-8-5-12(6-9-14)19(25)23-24-20(26)13-7-10-18-16(11-13)15-3-1-2-4-17(15)22-18/h5-11,22H,1-4H2,(H,23,25)(H,24,26). The zero-order valence-corrected chi connectivity index (χ0v) is 14.8. The number of carbonyl (C=O) groups is 2. The van der Waals surface area contributed by atoms with Gasteiger partial charge < -0.3 is 4.98 Å². The van der Waals surface area contributed by atoms with Crippen molar-refractivity contribution in [3.05, 3.63) is 69.9 Å². The van der Waals surface area contributed by atoms with Gasteiger partial charge in [-0.3, -0.25) is 20.4 Å². The number of aromatic nitrogens is 1. The van der Waals surface area contributed by atoms with Crippen molar-refractivity contribution in [3.8, 4) is 0 Å². The molecule has 4 rings (SSSR count). The summed E-state index contributed by atoms with van der Waals surface area (Å²) in [4.78, 5) is 27.9. The predicted molar refractivity (Wildman–Crippen MR) is 101 cm³/mol. The second-order valence-electron chi connectivity index (χ2n) is 6.46. The van der Waals surface area contributed by atoms with Crippen LogP contribution in [0.3, 0.4) is 0 Å². The molecule has 0 saturated heterocycles. The van der Waals surface area contributed by atoms with Gasteiger partial charge in [-0.15, -0.1) is 0 Å². The summed E-state index contributed by atoms with van der Waals surface area (Å²) in [5.41, 5.74) is 9.48. The van der Waals surface area contributed by atoms with Crippen LogP contribution in [0.2, 0.25) is 5.02 Å². The van der Waals surface area contributed by atoms with Crippen molar-refractivity contribution in [1.29, 1.82) is 0 Å². The normalized spacial score (nSPS) is 13.3. The SMILES string of the molecule is O=C(NNC(=O)c1ccc2[nH]c3c(c2c1)CCCC3)c1ccc(Cl)cc1. The van der Waals surface area contributed by atoms with E-state index in [4.69, 9.17) is 11.6 Å². The van der Waals surface area contributed by atoms with Gasteiger partial charge >= 0.3 is 0 Å². The van der Waals surface area contributed by atoms with Crippen molar-refractivity contribution in [3.63, 3.8) is 0 Å². The van der Waals surface area contributed by atoms with Crippen molar-refractivity contribution in [2.24, 2.45) is 0 Å². The van der Waals surface area contributed by atoms with Crippen molar-refractivity contribution in [2.75, 3.05) is 0 Å². The number of hydrogen-bond donors (Lipinski definition) is 3. The number of nitrogens with one attached hydrogen (secondary N) is 3. The number of hydrazine groups is 1. The Labute approximate surface area is 155 Å². The molecular weight excluding hydrogens is 350 g/mol. The first-order valence-corrected chi connectivity index (χ1v) is 8.99. The van der Waals surface area contributed by atoms with E-state index >= 15 is 0 Å². The van der Waals surface area contributed by atoms with Crippen LogP contribution < -0.4 is 10.9 Å². The van der Waals surface area contributed by atoms with Crippen LogP contribution in [0.4, 0.5) is 0 Å². The Morgan fingerprint density at radius 3 is 2.31 bits per heavy atom. The lowest BCUT2D eigenvalue weighted by molar-refractivity contribution is 0.0847. The lowest BCUT2D eigenvalue weighted by Gasteiger charge is -2.11. The highest BCUT2D eigenvalue weighted by Gasteiger charge is 2.17. The first-order chi connectivity index (χ1) is 12.6. The van der Waals surface area contributed by atoms with Gasteiger partial charge in [-0.05, 0) is 73.7 Å². The maximum Gasteiger partial charge on any atom is 0.269 e. The van der Waals surface area contributed by atoms with Gasteiger partial charge in [0, 0.05) is 32.7 Å². The molecule has 5 nitrogen and oxygen atoms in total. The number of benzene rings is 2. The van der Waals surface area contributed by atoms with Gasteiger partial charge in [0.2, 0.25) is 0 Å². The Morgan fingerprint density at radius 2 is 1.54 bits per heavy atom. The highest BCUT2D eigenvalue weighted by molar-refractivity contribution is 6.30. The summed E-state index contributed by atoms with van der Waals surface area (Å²) in [7, 11) is 0. The molecule has 3 N–H and O–H groups in total. The lowest BCUT2D eigenvalue weighted by Crippen LogP contribution is -2.41. The summed E-state index contributed by atoms with van der Waals surface area (Å²) in [6.07, 6.45) is 4.47. The molecule has 0 spiro atoms. The second-order valence-corrected chi connectivity index (χ2v) is 6.90. The van der Waals surface area contributed by atoms with Gasteiger partial charge in [0.1, 0.15) is 0 Å². The van der Waals surface area contributed by atoms with Gasteiger partial charge in [-0.25, -0.2) is 0 Å². The molecule has 0 fully saturated rings. The van der Waals surface area contributed by atoms with Crippen LogP contribution in [-0.4, -0.2) is 16.8 Å². The number of halogens is 1. The van der Waals surface area contributed by atoms with E-state index in [0.29, 0.717) is 16.1 Å². The van der Waals surface area contributed by atoms with E-state index in [1.54, 1.807) is 30.3 Å². The van der Waals surface area contributed by atoms with Crippen molar-refractivity contribution in [1.82, 2.24) is 15.8 Å². The number of hydrogen-bond acceptors (Lipinski definition) is 2. The first-order valence-electron chi connectivity index (χ1n) is 8.61. The third kappa shape index (κ3) is 3.18. The quantitative estimate of drug-likeness (QED) is 0.603. The van der Waals surface area contributed by atoms with Gasteiger partial charge in [0.25, 0.3) is 11.8 Å². The van der Waals surface area contributed by atoms with Crippen LogP contribution in [0.15, 0.2) is 42.5 Å². The number of rotatable bonds is 2. The molecule has 0 atom stereocenters. The minimum Gasteiger partial charge on any atom is -0.358 e. The number of H-pyrrole nitrogens is 1. The fraction of sp³-hybridized carbons (Fsp3) is 0.200. The first kappa shape index (κ1) is 16.7. The largest absolute Gasteiger partial charge is 0.358 e. The molecule has 1 aliphatic rings. The van der Waals surface area contributed by atoms with E-state index in [1.165, 1.54) is 24.1 Å². The second kappa shape index (κ2) is 6.84. The van der Waals surface area contributed by atoms with Gasteiger partial charge in [-0.2, -0.15) is 0 Å². The van der Waals surface area contributed by atoms with E-state index in [1.807, 2.05) is 12.1 Å². The minimum absolute atomic E-state index is 0.347. The molecule has 6 heteroatoms. The van der Waals surface area contributed by atoms with E-state index in [9.17, 15) is 9.59 Å². The molecule has 2 aromatic carbocycles. The fourth-order valence-electron chi connectivity index (χ4n) is 3.41. The molecule has 0 aliphatic heterocycles. The maximum atomic E-state index is 12.4. The minimum atomic E-state index is -0.393. The van der Waals surface area contributed by atoms with Crippen LogP contribution in [0.1, 0.15) is 44.8 Å². The van der Waals surface area contributed by atoms with E-state index in [-0.39, 0.29) is 5.91 Å². The van der Waals surface area contributed by atoms with Crippen LogP contribution in [0, 0.1) is 0 Å². The Bertz CT molecular complexity index is 992. The summed E-state index contributed by atoms with van der Waals surface area (Å²) in [5.74, 6) is -0.741. The zero-order chi connectivity index (χ0) is 18.1. The third-order valence-electron chi connectivity index (χ3n) is 4.76. The fourth-order valence-corrected chi connectivity index (χ4v) is 3.53. The summed E-state index contributed by atoms with van der Waals surface area (Å²) in [6, 6.07) is 12.0. The maximum absolute atomic E-state index is 12.4. The number of aromatic amines is 1. The molecule has 1 heterocycles. The van der Waals surface area contributed by atoms with Crippen LogP contribution in [0.5, 0.6) is 0 Å². The molecule has 3 aromatic rings. The molecule has 0 unspecified atom stereocenters. The molecule has 0 saturated carbocycles. The molecular formula is C20H18ClN3O2. The van der Waals surface area contributed by atoms with Crippen molar-refractivity contribution in [2.45, 2.75) is 25.7 Å². The average Bonchev–Trinajstić information content (AvgIpc) is 3.04. The number of fused-ring (bicyclic) bond motifs is 3. The number of carbonyl (C=O) groups excluding carboxylic acids is 2. The number of aryl methyl sites for hydroxylation is 2.